The van der Waals surface area contributed by atoms with Crippen LogP contribution in [0.4, 0.5) is 0 Å². The topological polar surface area (TPSA) is 0 Å². The van der Waals surface area contributed by atoms with Gasteiger partial charge in [-0.2, -0.15) is 0 Å². The molecule has 0 nitrogen and oxygen atoms in total. The van der Waals surface area contributed by atoms with Crippen molar-refractivity contribution >= 4 is 63.7 Å². The second-order valence-corrected chi connectivity index (χ2v) is 12.4. The molecule has 1 unspecified atom stereocenters. The fraction of sp³-hybridized carbons (Fsp3) is 0.200. The van der Waals surface area contributed by atoms with Crippen molar-refractivity contribution in [3.63, 3.8) is 0 Å². The summed E-state index contributed by atoms with van der Waals surface area (Å²) in [5.74, 6) is 0. The Morgan fingerprint density at radius 1 is 0.684 bits per heavy atom. The van der Waals surface area contributed by atoms with Crippen LogP contribution in [0, 0.1) is 0 Å². The van der Waals surface area contributed by atoms with Gasteiger partial charge < -0.3 is 0 Å². The Bertz CT molecular complexity index is 519. The van der Waals surface area contributed by atoms with Crippen LogP contribution in [-0.2, 0) is 10.7 Å². The van der Waals surface area contributed by atoms with Crippen molar-refractivity contribution in [2.45, 2.75) is 12.9 Å². The smallest absolute Gasteiger partial charge is 0.0763 e. The predicted octanol–water partition coefficient (Wildman–Crippen LogP) is 6.36. The van der Waals surface area contributed by atoms with Crippen LogP contribution in [0.3, 0.4) is 0 Å². The van der Waals surface area contributed by atoms with Crippen LogP contribution in [0.1, 0.15) is 11.1 Å². The van der Waals surface area contributed by atoms with Gasteiger partial charge in [-0.25, -0.2) is 0 Å². The quantitative estimate of drug-likeness (QED) is 0.421. The summed E-state index contributed by atoms with van der Waals surface area (Å²) in [4.78, 5) is 0. The first-order chi connectivity index (χ1) is 8.93. The van der Waals surface area contributed by atoms with Crippen LogP contribution in [0.2, 0.25) is 0 Å². The molecule has 0 aliphatic carbocycles. The van der Waals surface area contributed by atoms with E-state index in [1.165, 1.54) is 11.1 Å². The maximum Gasteiger partial charge on any atom is 0.154 e. The molecule has 0 aromatic heterocycles. The van der Waals surface area contributed by atoms with Crippen LogP contribution < -0.4 is 0 Å². The first kappa shape index (κ1) is 15.7. The molecule has 0 aliphatic heterocycles. The Kier molecular flexibility index (Phi) is 5.32. The summed E-state index contributed by atoms with van der Waals surface area (Å²) in [7, 11) is 0. The number of benzene rings is 2. The SMILES string of the molecule is BrC(Br)(Br)C(Br)(Cc1ccccc1)c1ccccc1. The van der Waals surface area contributed by atoms with Gasteiger partial charge in [-0.15, -0.1) is 0 Å². The van der Waals surface area contributed by atoms with E-state index >= 15 is 0 Å². The molecule has 2 aromatic rings. The van der Waals surface area contributed by atoms with E-state index in [1.807, 2.05) is 12.1 Å². The van der Waals surface area contributed by atoms with Gasteiger partial charge in [0.1, 0.15) is 0 Å². The van der Waals surface area contributed by atoms with Gasteiger partial charge in [0, 0.05) is 0 Å². The summed E-state index contributed by atoms with van der Waals surface area (Å²) < 4.78 is -0.736. The molecule has 0 radical (unpaired) electrons. The molecule has 4 heteroatoms. The average Bonchev–Trinajstić information content (AvgIpc) is 2.39. The van der Waals surface area contributed by atoms with E-state index in [9.17, 15) is 0 Å². The lowest BCUT2D eigenvalue weighted by Gasteiger charge is -2.36. The zero-order valence-electron chi connectivity index (χ0n) is 9.99. The fourth-order valence-electron chi connectivity index (χ4n) is 1.95. The minimum Gasteiger partial charge on any atom is -0.0763 e. The minimum absolute atomic E-state index is 0.303. The van der Waals surface area contributed by atoms with E-state index in [4.69, 9.17) is 0 Å². The zero-order valence-corrected chi connectivity index (χ0v) is 16.3. The first-order valence-electron chi connectivity index (χ1n) is 5.78. The lowest BCUT2D eigenvalue weighted by Crippen LogP contribution is -2.34. The van der Waals surface area contributed by atoms with Gasteiger partial charge in [0.2, 0.25) is 0 Å². The summed E-state index contributed by atoms with van der Waals surface area (Å²) in [5.41, 5.74) is 2.47. The maximum atomic E-state index is 3.91. The highest BCUT2D eigenvalue weighted by Gasteiger charge is 2.46. The Hall–Kier alpha value is 0.360. The third kappa shape index (κ3) is 3.72. The molecule has 1 atom stereocenters. The molecule has 0 saturated heterocycles. The molecule has 0 bridgehead atoms. The summed E-state index contributed by atoms with van der Waals surface area (Å²) in [6, 6.07) is 20.8. The molecule has 0 N–H and O–H groups in total. The standard InChI is InChI=1S/C15H12Br4/c16-14(15(17,18)19,13-9-5-2-6-10-13)11-12-7-3-1-4-8-12/h1-10H,11H2. The molecule has 0 saturated carbocycles. The van der Waals surface area contributed by atoms with Gasteiger partial charge in [-0.1, -0.05) is 124 Å². The van der Waals surface area contributed by atoms with Crippen LogP contribution >= 0.6 is 63.7 Å². The van der Waals surface area contributed by atoms with Gasteiger partial charge in [0.15, 0.2) is 2.14 Å². The van der Waals surface area contributed by atoms with Gasteiger partial charge in [-0.05, 0) is 17.5 Å². The lowest BCUT2D eigenvalue weighted by atomic mass is 9.93. The Balaban J connectivity index is 2.42. The molecule has 0 amide bonds. The highest BCUT2D eigenvalue weighted by molar-refractivity contribution is 9.40. The fourth-order valence-corrected chi connectivity index (χ4v) is 3.64. The predicted molar refractivity (Wildman–Crippen MR) is 96.7 cm³/mol. The molecule has 0 fully saturated rings. The van der Waals surface area contributed by atoms with Gasteiger partial charge in [-0.3, -0.25) is 0 Å². The van der Waals surface area contributed by atoms with Crippen molar-refractivity contribution in [2.75, 3.05) is 0 Å². The maximum absolute atomic E-state index is 3.91. The Morgan fingerprint density at radius 2 is 1.16 bits per heavy atom. The third-order valence-electron chi connectivity index (χ3n) is 2.97. The molecule has 0 heterocycles. The molecule has 2 aromatic carbocycles. The Morgan fingerprint density at radius 3 is 1.63 bits per heavy atom. The van der Waals surface area contributed by atoms with Gasteiger partial charge >= 0.3 is 0 Å². The van der Waals surface area contributed by atoms with Gasteiger partial charge in [0.25, 0.3) is 0 Å². The van der Waals surface area contributed by atoms with Crippen LogP contribution in [-0.4, -0.2) is 2.14 Å². The van der Waals surface area contributed by atoms with Gasteiger partial charge in [0.05, 0.1) is 4.32 Å². The molecule has 100 valence electrons. The number of halogens is 4. The van der Waals surface area contributed by atoms with E-state index in [-0.39, 0.29) is 4.32 Å². The molecule has 0 aliphatic rings. The normalized spacial score (nSPS) is 14.9. The monoisotopic (exact) mass is 508 g/mol. The molecular weight excluding hydrogens is 500 g/mol. The molecular formula is C15H12Br4. The van der Waals surface area contributed by atoms with Crippen LogP contribution in [0.15, 0.2) is 60.7 Å². The van der Waals surface area contributed by atoms with Crippen LogP contribution in [0.25, 0.3) is 0 Å². The van der Waals surface area contributed by atoms with Crippen LogP contribution in [0.5, 0.6) is 0 Å². The highest BCUT2D eigenvalue weighted by atomic mass is 80.0. The van der Waals surface area contributed by atoms with Crippen molar-refractivity contribution in [1.29, 1.82) is 0 Å². The zero-order chi connectivity index (χ0) is 13.9. The van der Waals surface area contributed by atoms with Crippen molar-refractivity contribution < 1.29 is 0 Å². The second kappa shape index (κ2) is 6.42. The summed E-state index contributed by atoms with van der Waals surface area (Å²) in [5, 5.41) is 0. The highest BCUT2D eigenvalue weighted by Crippen LogP contribution is 2.56. The molecule has 19 heavy (non-hydrogen) atoms. The third-order valence-corrected chi connectivity index (χ3v) is 7.93. The van der Waals surface area contributed by atoms with E-state index in [1.54, 1.807) is 0 Å². The number of hydrogen-bond donors (Lipinski definition) is 0. The Labute approximate surface area is 147 Å². The summed E-state index contributed by atoms with van der Waals surface area (Å²) in [6.45, 7) is 0. The van der Waals surface area contributed by atoms with E-state index in [0.717, 1.165) is 6.42 Å². The summed E-state index contributed by atoms with van der Waals surface area (Å²) >= 11 is 15.0. The second-order valence-electron chi connectivity index (χ2n) is 4.33. The van der Waals surface area contributed by atoms with E-state index in [0.29, 0.717) is 0 Å². The van der Waals surface area contributed by atoms with E-state index < -0.39 is 2.14 Å². The minimum atomic E-state index is -0.433. The first-order valence-corrected chi connectivity index (χ1v) is 8.96. The number of hydrogen-bond acceptors (Lipinski definition) is 0. The molecule has 2 rings (SSSR count). The van der Waals surface area contributed by atoms with Crippen molar-refractivity contribution in [1.82, 2.24) is 0 Å². The molecule has 0 spiro atoms. The average molecular weight is 512 g/mol. The number of rotatable bonds is 3. The number of alkyl halides is 4. The van der Waals surface area contributed by atoms with Crippen molar-refractivity contribution in [3.05, 3.63) is 71.8 Å². The largest absolute Gasteiger partial charge is 0.154 e. The van der Waals surface area contributed by atoms with Crippen molar-refractivity contribution in [3.8, 4) is 0 Å². The van der Waals surface area contributed by atoms with E-state index in [2.05, 4.69) is 112 Å². The van der Waals surface area contributed by atoms with Crippen molar-refractivity contribution in [2.24, 2.45) is 0 Å². The summed E-state index contributed by atoms with van der Waals surface area (Å²) in [6.07, 6.45) is 0.847. The lowest BCUT2D eigenvalue weighted by molar-refractivity contribution is 0.685.